The Bertz CT molecular complexity index is 798. The van der Waals surface area contributed by atoms with E-state index < -0.39 is 27.1 Å². The summed E-state index contributed by atoms with van der Waals surface area (Å²) in [5.41, 5.74) is 0.425. The molecule has 2 aliphatic rings. The average Bonchev–Trinajstić information content (AvgIpc) is 2.91. The molecule has 0 bridgehead atoms. The first-order valence-corrected chi connectivity index (χ1v) is 12.6. The lowest BCUT2D eigenvalue weighted by Crippen LogP contribution is -2.64. The Morgan fingerprint density at radius 1 is 1.40 bits per heavy atom. The van der Waals surface area contributed by atoms with Gasteiger partial charge in [-0.25, -0.2) is 4.79 Å². The van der Waals surface area contributed by atoms with E-state index >= 15 is 0 Å². The van der Waals surface area contributed by atoms with Crippen molar-refractivity contribution in [3.8, 4) is 0 Å². The summed E-state index contributed by atoms with van der Waals surface area (Å²) in [4.78, 5) is 13.8. The van der Waals surface area contributed by atoms with Crippen LogP contribution in [0.3, 0.4) is 0 Å². The third-order valence-corrected chi connectivity index (χ3v) is 8.84. The Balaban J connectivity index is 2.21. The molecule has 0 saturated heterocycles. The van der Waals surface area contributed by atoms with Crippen molar-refractivity contribution < 1.29 is 18.8 Å². The Morgan fingerprint density at radius 3 is 2.67 bits per heavy atom. The summed E-state index contributed by atoms with van der Waals surface area (Å²) in [5.74, 6) is -0.0531. The fourth-order valence-electron chi connectivity index (χ4n) is 5.30. The van der Waals surface area contributed by atoms with E-state index in [0.717, 1.165) is 41.3 Å². The zero-order valence-corrected chi connectivity index (χ0v) is 21.2. The van der Waals surface area contributed by atoms with Crippen LogP contribution in [0.25, 0.3) is 0 Å². The monoisotopic (exact) mass is 499 g/mol. The highest BCUT2D eigenvalue weighted by atomic mass is 79.9. The molecule has 0 amide bonds. The molecule has 0 heterocycles. The van der Waals surface area contributed by atoms with Gasteiger partial charge in [0.1, 0.15) is 4.75 Å². The van der Waals surface area contributed by atoms with E-state index in [1.54, 1.807) is 7.11 Å². The number of carbonyl (C=O) groups excluding carboxylic acids is 1. The zero-order valence-electron chi connectivity index (χ0n) is 18.8. The van der Waals surface area contributed by atoms with Gasteiger partial charge in [-0.2, -0.15) is 0 Å². The third kappa shape index (κ3) is 3.96. The first-order valence-electron chi connectivity index (χ1n) is 10.7. The molecule has 5 atom stereocenters. The summed E-state index contributed by atoms with van der Waals surface area (Å²) in [6.07, 6.45) is 3.38. The van der Waals surface area contributed by atoms with Gasteiger partial charge in [-0.1, -0.05) is 28.9 Å². The largest absolute Gasteiger partial charge is 0.598 e. The fourth-order valence-corrected chi connectivity index (χ4v) is 6.66. The first-order chi connectivity index (χ1) is 14.0. The van der Waals surface area contributed by atoms with E-state index in [4.69, 9.17) is 9.47 Å². The Labute approximate surface area is 192 Å². The molecule has 1 aromatic rings. The lowest BCUT2D eigenvalue weighted by atomic mass is 9.59. The molecule has 7 heteroatoms. The minimum absolute atomic E-state index is 0.166. The standard InChI is InChI=1S/C23H34BrNO4S/c1-7-29-20(26)23(25-30(27)21(3,4)5)18-12-17(24)9-8-16(18)14-22(23)11-10-19(28-6)15(2)13-22/h8-9,12,15,19,25H,7,10-11,13-14H2,1-6H3/t15-,19-,22-,23?,30-/m0/s1. The molecule has 3 rings (SSSR count). The predicted octanol–water partition coefficient (Wildman–Crippen LogP) is 4.64. The Hall–Kier alpha value is -0.600. The molecule has 1 aromatic carbocycles. The second-order valence-corrected chi connectivity index (χ2v) is 12.6. The smallest absolute Gasteiger partial charge is 0.336 e. The fraction of sp³-hybridized carbons (Fsp3) is 0.696. The maximum atomic E-state index is 13.8. The van der Waals surface area contributed by atoms with Gasteiger partial charge in [-0.05, 0) is 82.6 Å². The lowest BCUT2D eigenvalue weighted by molar-refractivity contribution is -0.160. The van der Waals surface area contributed by atoms with E-state index in [9.17, 15) is 9.35 Å². The topological polar surface area (TPSA) is 70.6 Å². The van der Waals surface area contributed by atoms with Crippen molar-refractivity contribution in [1.29, 1.82) is 0 Å². The van der Waals surface area contributed by atoms with Crippen molar-refractivity contribution in [3.63, 3.8) is 0 Å². The molecular formula is C23H34BrNO4S. The number of fused-ring (bicyclic) bond motifs is 1. The number of methoxy groups -OCH3 is 1. The first kappa shape index (κ1) is 24.1. The molecule has 5 nitrogen and oxygen atoms in total. The zero-order chi connectivity index (χ0) is 22.3. The highest BCUT2D eigenvalue weighted by molar-refractivity contribution is 9.10. The SMILES string of the molecule is CCOC(=O)C1(N[S@@+]([O-])C(C)(C)C)c2cc(Br)ccc2C[C@@]12CC[C@H](OC)[C@@H](C)C2. The van der Waals surface area contributed by atoms with Crippen LogP contribution >= 0.6 is 15.9 Å². The third-order valence-electron chi connectivity index (χ3n) is 6.74. The van der Waals surface area contributed by atoms with Crippen molar-refractivity contribution in [2.45, 2.75) is 76.7 Å². The van der Waals surface area contributed by atoms with Crippen LogP contribution in [0.5, 0.6) is 0 Å². The number of esters is 1. The second kappa shape index (κ2) is 8.74. The van der Waals surface area contributed by atoms with Gasteiger partial charge in [0.2, 0.25) is 0 Å². The van der Waals surface area contributed by atoms with Crippen molar-refractivity contribution >= 4 is 33.3 Å². The van der Waals surface area contributed by atoms with Gasteiger partial charge in [0.15, 0.2) is 5.54 Å². The van der Waals surface area contributed by atoms with E-state index in [1.807, 2.05) is 39.8 Å². The molecule has 1 N–H and O–H groups in total. The summed E-state index contributed by atoms with van der Waals surface area (Å²) in [5, 5.41) is 0. The number of hydrogen-bond donors (Lipinski definition) is 1. The number of carbonyl (C=O) groups is 1. The van der Waals surface area contributed by atoms with Gasteiger partial charge in [-0.3, -0.25) is 0 Å². The van der Waals surface area contributed by atoms with E-state index in [2.05, 4.69) is 33.6 Å². The number of hydrogen-bond acceptors (Lipinski definition) is 5. The second-order valence-electron chi connectivity index (χ2n) is 9.71. The van der Waals surface area contributed by atoms with Crippen LogP contribution < -0.4 is 4.72 Å². The van der Waals surface area contributed by atoms with Crippen LogP contribution in [0.1, 0.15) is 65.0 Å². The van der Waals surface area contributed by atoms with Crippen LogP contribution in [0, 0.1) is 11.3 Å². The molecule has 1 unspecified atom stereocenters. The van der Waals surface area contributed by atoms with Gasteiger partial charge in [-0.15, -0.1) is 4.72 Å². The number of benzene rings is 1. The molecule has 168 valence electrons. The van der Waals surface area contributed by atoms with Gasteiger partial charge in [0, 0.05) is 28.4 Å². The molecular weight excluding hydrogens is 466 g/mol. The summed E-state index contributed by atoms with van der Waals surface area (Å²) in [6, 6.07) is 6.09. The van der Waals surface area contributed by atoms with Crippen molar-refractivity contribution in [2.75, 3.05) is 13.7 Å². The van der Waals surface area contributed by atoms with Crippen LogP contribution in [-0.2, 0) is 37.6 Å². The predicted molar refractivity (Wildman–Crippen MR) is 123 cm³/mol. The van der Waals surface area contributed by atoms with Crippen LogP contribution in [0.15, 0.2) is 22.7 Å². The molecule has 1 fully saturated rings. The normalized spacial score (nSPS) is 32.1. The highest BCUT2D eigenvalue weighted by Gasteiger charge is 2.67. The van der Waals surface area contributed by atoms with E-state index in [1.165, 1.54) is 0 Å². The molecule has 2 aliphatic carbocycles. The van der Waals surface area contributed by atoms with Crippen LogP contribution in [0.2, 0.25) is 0 Å². The Kier molecular flexibility index (Phi) is 7.00. The molecule has 0 aliphatic heterocycles. The minimum atomic E-state index is -1.45. The summed E-state index contributed by atoms with van der Waals surface area (Å²) < 4.78 is 28.5. The minimum Gasteiger partial charge on any atom is -0.598 e. The van der Waals surface area contributed by atoms with Gasteiger partial charge in [0.25, 0.3) is 0 Å². The van der Waals surface area contributed by atoms with Gasteiger partial charge in [0.05, 0.1) is 12.7 Å². The van der Waals surface area contributed by atoms with Crippen LogP contribution in [-0.4, -0.2) is 35.1 Å². The number of ether oxygens (including phenoxy) is 2. The number of halogens is 1. The van der Waals surface area contributed by atoms with Crippen LogP contribution in [0.4, 0.5) is 0 Å². The molecule has 1 saturated carbocycles. The van der Waals surface area contributed by atoms with Crippen molar-refractivity contribution in [3.05, 3.63) is 33.8 Å². The van der Waals surface area contributed by atoms with E-state index in [0.29, 0.717) is 0 Å². The summed E-state index contributed by atoms with van der Waals surface area (Å²) >= 11 is 2.13. The van der Waals surface area contributed by atoms with E-state index in [-0.39, 0.29) is 24.6 Å². The van der Waals surface area contributed by atoms with Crippen molar-refractivity contribution in [2.24, 2.45) is 11.3 Å². The summed E-state index contributed by atoms with van der Waals surface area (Å²) in [7, 11) is 1.76. The number of nitrogens with one attached hydrogen (secondary N) is 1. The highest BCUT2D eigenvalue weighted by Crippen LogP contribution is 2.60. The Morgan fingerprint density at radius 2 is 2.10 bits per heavy atom. The number of rotatable bonds is 5. The lowest BCUT2D eigenvalue weighted by Gasteiger charge is -2.50. The van der Waals surface area contributed by atoms with Crippen molar-refractivity contribution in [1.82, 2.24) is 4.72 Å². The molecule has 0 aromatic heterocycles. The average molecular weight is 500 g/mol. The summed E-state index contributed by atoms with van der Waals surface area (Å²) in [6.45, 7) is 10.0. The molecule has 30 heavy (non-hydrogen) atoms. The molecule has 0 radical (unpaired) electrons. The van der Waals surface area contributed by atoms with Gasteiger partial charge < -0.3 is 14.0 Å². The maximum Gasteiger partial charge on any atom is 0.336 e. The quantitative estimate of drug-likeness (QED) is 0.471. The molecule has 1 spiro atoms. The maximum absolute atomic E-state index is 13.8. The van der Waals surface area contributed by atoms with Gasteiger partial charge >= 0.3 is 5.97 Å².